The average molecular weight is 353 g/mol. The Morgan fingerprint density at radius 1 is 1.12 bits per heavy atom. The molecular weight excluding hydrogens is 331 g/mol. The predicted molar refractivity (Wildman–Crippen MR) is 90.2 cm³/mol. The zero-order valence-electron chi connectivity index (χ0n) is 14.6. The number of carbonyl (C=O) groups excluding carboxylic acids is 1. The molecule has 0 saturated heterocycles. The molecule has 1 heterocycles. The van der Waals surface area contributed by atoms with Gasteiger partial charge >= 0.3 is 12.1 Å². The van der Waals surface area contributed by atoms with Gasteiger partial charge in [-0.3, -0.25) is 9.78 Å². The minimum atomic E-state index is -4.42. The first kappa shape index (κ1) is 20.7. The van der Waals surface area contributed by atoms with Gasteiger partial charge in [-0.25, -0.2) is 0 Å². The minimum absolute atomic E-state index is 0.00915. The smallest absolute Gasteiger partial charge is 0.418 e. The van der Waals surface area contributed by atoms with Crippen molar-refractivity contribution in [3.8, 4) is 0 Å². The van der Waals surface area contributed by atoms with Crippen molar-refractivity contribution < 1.29 is 22.7 Å². The summed E-state index contributed by atoms with van der Waals surface area (Å²) in [5.41, 5.74) is 0.860. The molecule has 0 saturated carbocycles. The Kier molecular flexibility index (Phi) is 8.11. The van der Waals surface area contributed by atoms with Crippen molar-refractivity contribution in [1.82, 2.24) is 4.98 Å². The van der Waals surface area contributed by atoms with Crippen LogP contribution in [0.5, 0.6) is 0 Å². The first-order chi connectivity index (χ1) is 11.9. The second kappa shape index (κ2) is 9.81. The van der Waals surface area contributed by atoms with Crippen LogP contribution in [-0.2, 0) is 28.5 Å². The van der Waals surface area contributed by atoms with Crippen molar-refractivity contribution >= 4 is 5.97 Å². The van der Waals surface area contributed by atoms with Gasteiger partial charge in [-0.1, -0.05) is 38.1 Å². The summed E-state index contributed by atoms with van der Waals surface area (Å²) in [6.45, 7) is 4.00. The van der Waals surface area contributed by atoms with Gasteiger partial charge < -0.3 is 4.74 Å². The number of alkyl halides is 3. The number of carbonyl (C=O) groups is 1. The highest BCUT2D eigenvalue weighted by molar-refractivity contribution is 5.69. The van der Waals surface area contributed by atoms with E-state index in [-0.39, 0.29) is 24.5 Å². The Morgan fingerprint density at radius 3 is 2.44 bits per heavy atom. The van der Waals surface area contributed by atoms with Crippen molar-refractivity contribution in [1.29, 1.82) is 0 Å². The fourth-order valence-electron chi connectivity index (χ4n) is 2.27. The van der Waals surface area contributed by atoms with E-state index in [0.717, 1.165) is 17.2 Å². The van der Waals surface area contributed by atoms with Crippen LogP contribution in [-0.4, -0.2) is 18.1 Å². The molecule has 1 aromatic heterocycles. The van der Waals surface area contributed by atoms with Crippen LogP contribution in [0, 0.1) is 0 Å². The molecule has 0 atom stereocenters. The SMILES string of the molecule is CC.COC(=O)CCc1cccc(Cc2ncccc2C(F)(F)F)c1. The molecule has 0 fully saturated rings. The molecule has 0 spiro atoms. The second-order valence-electron chi connectivity index (χ2n) is 5.07. The number of aryl methyl sites for hydroxylation is 1. The molecule has 136 valence electrons. The monoisotopic (exact) mass is 353 g/mol. The Labute approximate surface area is 145 Å². The summed E-state index contributed by atoms with van der Waals surface area (Å²) in [6.07, 6.45) is -2.27. The fraction of sp³-hybridized carbons (Fsp3) is 0.368. The topological polar surface area (TPSA) is 39.2 Å². The van der Waals surface area contributed by atoms with Crippen LogP contribution < -0.4 is 0 Å². The zero-order chi connectivity index (χ0) is 18.9. The van der Waals surface area contributed by atoms with E-state index in [0.29, 0.717) is 6.42 Å². The Hall–Kier alpha value is -2.37. The molecule has 0 amide bonds. The van der Waals surface area contributed by atoms with E-state index in [1.165, 1.54) is 19.4 Å². The van der Waals surface area contributed by atoms with Gasteiger partial charge in [0.1, 0.15) is 0 Å². The summed E-state index contributed by atoms with van der Waals surface area (Å²) in [6, 6.07) is 9.43. The summed E-state index contributed by atoms with van der Waals surface area (Å²) < 4.78 is 43.5. The lowest BCUT2D eigenvalue weighted by Gasteiger charge is -2.12. The molecule has 1 aromatic carbocycles. The number of methoxy groups -OCH3 is 1. The van der Waals surface area contributed by atoms with Crippen LogP contribution in [0.3, 0.4) is 0 Å². The number of pyridine rings is 1. The number of hydrogen-bond acceptors (Lipinski definition) is 3. The molecule has 0 aliphatic heterocycles. The van der Waals surface area contributed by atoms with Crippen LogP contribution in [0.1, 0.15) is 42.7 Å². The molecular formula is C19H22F3NO2. The molecule has 6 heteroatoms. The number of nitrogens with zero attached hydrogens (tertiary/aromatic N) is 1. The number of aromatic nitrogens is 1. The van der Waals surface area contributed by atoms with Gasteiger partial charge in [-0.05, 0) is 29.7 Å². The Balaban J connectivity index is 0.00000151. The van der Waals surface area contributed by atoms with Gasteiger partial charge in [0, 0.05) is 19.0 Å². The molecule has 0 N–H and O–H groups in total. The molecule has 25 heavy (non-hydrogen) atoms. The van der Waals surface area contributed by atoms with Crippen LogP contribution in [0.25, 0.3) is 0 Å². The standard InChI is InChI=1S/C17H16F3NO2.C2H6/c1-23-16(22)8-7-12-4-2-5-13(10-12)11-15-14(17(18,19)20)6-3-9-21-15;1-2/h2-6,9-10H,7-8,11H2,1H3;1-2H3. The number of ether oxygens (including phenoxy) is 1. The number of hydrogen-bond donors (Lipinski definition) is 0. The van der Waals surface area contributed by atoms with Crippen molar-refractivity contribution in [3.63, 3.8) is 0 Å². The molecule has 2 aromatic rings. The fourth-order valence-corrected chi connectivity index (χ4v) is 2.27. The van der Waals surface area contributed by atoms with Gasteiger partial charge in [0.15, 0.2) is 0 Å². The number of rotatable bonds is 5. The molecule has 3 nitrogen and oxygen atoms in total. The van der Waals surface area contributed by atoms with Crippen LogP contribution in [0.2, 0.25) is 0 Å². The van der Waals surface area contributed by atoms with E-state index in [1.54, 1.807) is 18.2 Å². The van der Waals surface area contributed by atoms with Gasteiger partial charge in [0.2, 0.25) is 0 Å². The lowest BCUT2D eigenvalue weighted by atomic mass is 10.0. The van der Waals surface area contributed by atoms with Gasteiger partial charge in [-0.2, -0.15) is 13.2 Å². The maximum Gasteiger partial charge on any atom is 0.418 e. The van der Waals surface area contributed by atoms with E-state index in [2.05, 4.69) is 9.72 Å². The van der Waals surface area contributed by atoms with E-state index in [1.807, 2.05) is 19.9 Å². The third-order valence-electron chi connectivity index (χ3n) is 3.40. The molecule has 0 radical (unpaired) electrons. The van der Waals surface area contributed by atoms with Crippen LogP contribution >= 0.6 is 0 Å². The van der Waals surface area contributed by atoms with E-state index in [9.17, 15) is 18.0 Å². The summed E-state index contributed by atoms with van der Waals surface area (Å²) in [4.78, 5) is 15.0. The van der Waals surface area contributed by atoms with Gasteiger partial charge in [-0.15, -0.1) is 0 Å². The highest BCUT2D eigenvalue weighted by Crippen LogP contribution is 2.31. The molecule has 0 bridgehead atoms. The first-order valence-electron chi connectivity index (χ1n) is 8.06. The lowest BCUT2D eigenvalue weighted by molar-refractivity contribution is -0.140. The highest BCUT2D eigenvalue weighted by Gasteiger charge is 2.33. The van der Waals surface area contributed by atoms with Crippen LogP contribution in [0.15, 0.2) is 42.6 Å². The maximum atomic E-state index is 13.0. The summed E-state index contributed by atoms with van der Waals surface area (Å²) >= 11 is 0. The van der Waals surface area contributed by atoms with E-state index < -0.39 is 11.7 Å². The van der Waals surface area contributed by atoms with Gasteiger partial charge in [0.05, 0.1) is 18.4 Å². The van der Waals surface area contributed by atoms with Crippen molar-refractivity contribution in [3.05, 3.63) is 65.0 Å². The lowest BCUT2D eigenvalue weighted by Crippen LogP contribution is -2.11. The molecule has 0 aliphatic rings. The molecule has 0 aliphatic carbocycles. The van der Waals surface area contributed by atoms with Crippen molar-refractivity contribution in [2.75, 3.05) is 7.11 Å². The normalized spacial score (nSPS) is 10.6. The highest BCUT2D eigenvalue weighted by atomic mass is 19.4. The Morgan fingerprint density at radius 2 is 1.80 bits per heavy atom. The van der Waals surface area contributed by atoms with E-state index >= 15 is 0 Å². The largest absolute Gasteiger partial charge is 0.469 e. The summed E-state index contributed by atoms with van der Waals surface area (Å²) in [7, 11) is 1.32. The third kappa shape index (κ3) is 6.57. The molecule has 2 rings (SSSR count). The minimum Gasteiger partial charge on any atom is -0.469 e. The van der Waals surface area contributed by atoms with E-state index in [4.69, 9.17) is 0 Å². The van der Waals surface area contributed by atoms with Crippen LogP contribution in [0.4, 0.5) is 13.2 Å². The molecule has 0 unspecified atom stereocenters. The average Bonchev–Trinajstić information content (AvgIpc) is 2.61. The zero-order valence-corrected chi connectivity index (χ0v) is 14.6. The summed E-state index contributed by atoms with van der Waals surface area (Å²) in [5, 5.41) is 0. The first-order valence-corrected chi connectivity index (χ1v) is 8.06. The number of benzene rings is 1. The Bertz CT molecular complexity index is 684. The maximum absolute atomic E-state index is 13.0. The predicted octanol–water partition coefficient (Wildman–Crippen LogP) is 4.82. The van der Waals surface area contributed by atoms with Gasteiger partial charge in [0.25, 0.3) is 0 Å². The number of esters is 1. The quantitative estimate of drug-likeness (QED) is 0.723. The second-order valence-corrected chi connectivity index (χ2v) is 5.07. The third-order valence-corrected chi connectivity index (χ3v) is 3.40. The van der Waals surface area contributed by atoms with Crippen molar-refractivity contribution in [2.45, 2.75) is 39.3 Å². The number of halogens is 3. The summed E-state index contributed by atoms with van der Waals surface area (Å²) in [5.74, 6) is -0.320. The van der Waals surface area contributed by atoms with Crippen molar-refractivity contribution in [2.24, 2.45) is 0 Å².